The molecule has 6 nitrogen and oxygen atoms in total. The van der Waals surface area contributed by atoms with E-state index in [-0.39, 0.29) is 5.96 Å². The van der Waals surface area contributed by atoms with E-state index in [0.717, 1.165) is 5.56 Å². The molecule has 92 valence electrons. The third-order valence-corrected chi connectivity index (χ3v) is 1.87. The van der Waals surface area contributed by atoms with Crippen LogP contribution in [0.4, 0.5) is 0 Å². The Balaban J connectivity index is 2.89. The summed E-state index contributed by atoms with van der Waals surface area (Å²) in [5, 5.41) is 7.21. The van der Waals surface area contributed by atoms with Crippen LogP contribution in [0.2, 0.25) is 0 Å². The smallest absolute Gasteiger partial charge is 0.211 e. The molecule has 0 saturated heterocycles. The van der Waals surface area contributed by atoms with Crippen molar-refractivity contribution >= 4 is 12.2 Å². The van der Waals surface area contributed by atoms with Crippen LogP contribution in [0.5, 0.6) is 11.5 Å². The lowest BCUT2D eigenvalue weighted by atomic mass is 10.2. The average molecular weight is 236 g/mol. The van der Waals surface area contributed by atoms with Crippen LogP contribution >= 0.6 is 0 Å². The Morgan fingerprint density at radius 2 is 2.12 bits per heavy atom. The van der Waals surface area contributed by atoms with Gasteiger partial charge in [0.05, 0.1) is 19.9 Å². The fourth-order valence-corrected chi connectivity index (χ4v) is 1.20. The van der Waals surface area contributed by atoms with Gasteiger partial charge in [-0.3, -0.25) is 0 Å². The number of nitrogens with zero attached hydrogens (tertiary/aromatic N) is 2. The zero-order valence-corrected chi connectivity index (χ0v) is 9.88. The van der Waals surface area contributed by atoms with Crippen molar-refractivity contribution in [1.82, 2.24) is 0 Å². The second-order valence-electron chi connectivity index (χ2n) is 3.11. The molecular formula is C11H16N4O2. The van der Waals surface area contributed by atoms with Crippen LogP contribution in [-0.4, -0.2) is 25.9 Å². The van der Waals surface area contributed by atoms with Crippen LogP contribution in [0.25, 0.3) is 0 Å². The maximum Gasteiger partial charge on any atom is 0.211 e. The van der Waals surface area contributed by atoms with E-state index in [1.165, 1.54) is 6.21 Å². The highest BCUT2D eigenvalue weighted by atomic mass is 16.5. The van der Waals surface area contributed by atoms with Crippen LogP contribution in [-0.2, 0) is 0 Å². The van der Waals surface area contributed by atoms with E-state index >= 15 is 0 Å². The number of hydrogen-bond acceptors (Lipinski definition) is 4. The van der Waals surface area contributed by atoms with E-state index in [4.69, 9.17) is 20.9 Å². The van der Waals surface area contributed by atoms with Crippen molar-refractivity contribution < 1.29 is 9.47 Å². The molecule has 4 N–H and O–H groups in total. The molecule has 1 aromatic rings. The Morgan fingerprint density at radius 1 is 1.35 bits per heavy atom. The highest BCUT2D eigenvalue weighted by molar-refractivity contribution is 5.82. The summed E-state index contributed by atoms with van der Waals surface area (Å²) in [6, 6.07) is 5.43. The third kappa shape index (κ3) is 4.02. The van der Waals surface area contributed by atoms with Gasteiger partial charge in [0, 0.05) is 0 Å². The van der Waals surface area contributed by atoms with Gasteiger partial charge >= 0.3 is 0 Å². The normalized spacial score (nSPS) is 10.2. The quantitative estimate of drug-likeness (QED) is 0.447. The molecule has 0 bridgehead atoms. The molecule has 0 aliphatic heterocycles. The van der Waals surface area contributed by atoms with Gasteiger partial charge in [-0.1, -0.05) is 0 Å². The summed E-state index contributed by atoms with van der Waals surface area (Å²) in [6.07, 6.45) is 1.53. The molecule has 0 saturated carbocycles. The van der Waals surface area contributed by atoms with Gasteiger partial charge in [0.25, 0.3) is 0 Å². The van der Waals surface area contributed by atoms with E-state index in [9.17, 15) is 0 Å². The van der Waals surface area contributed by atoms with E-state index in [0.29, 0.717) is 18.1 Å². The van der Waals surface area contributed by atoms with Gasteiger partial charge in [-0.15, -0.1) is 5.10 Å². The molecule has 0 aliphatic rings. The minimum absolute atomic E-state index is 0.0841. The Hall–Kier alpha value is -2.24. The standard InChI is InChI=1S/C11H16N4O2/c1-3-17-9-5-4-8(6-10(9)16-2)7-14-15-11(12)13/h4-7H,3H2,1-2H3,(H4,12,13,15). The SMILES string of the molecule is CCOc1ccc(C=NN=C(N)N)cc1OC. The third-order valence-electron chi connectivity index (χ3n) is 1.87. The monoisotopic (exact) mass is 236 g/mol. The summed E-state index contributed by atoms with van der Waals surface area (Å²) in [4.78, 5) is 0. The van der Waals surface area contributed by atoms with Crippen molar-refractivity contribution in [2.45, 2.75) is 6.92 Å². The minimum Gasteiger partial charge on any atom is -0.493 e. The molecule has 1 aromatic carbocycles. The molecule has 0 aromatic heterocycles. The zero-order chi connectivity index (χ0) is 12.7. The van der Waals surface area contributed by atoms with Gasteiger partial charge in [0.15, 0.2) is 11.5 Å². The van der Waals surface area contributed by atoms with Gasteiger partial charge in [-0.05, 0) is 30.7 Å². The summed E-state index contributed by atoms with van der Waals surface area (Å²) in [5.74, 6) is 1.24. The number of nitrogens with two attached hydrogens (primary N) is 2. The van der Waals surface area contributed by atoms with Gasteiger partial charge in [-0.25, -0.2) is 0 Å². The number of rotatable bonds is 5. The lowest BCUT2D eigenvalue weighted by molar-refractivity contribution is 0.311. The van der Waals surface area contributed by atoms with E-state index in [2.05, 4.69) is 10.2 Å². The molecule has 17 heavy (non-hydrogen) atoms. The van der Waals surface area contributed by atoms with Crippen LogP contribution in [0, 0.1) is 0 Å². The van der Waals surface area contributed by atoms with Gasteiger partial charge in [0.1, 0.15) is 0 Å². The van der Waals surface area contributed by atoms with E-state index < -0.39 is 0 Å². The summed E-state index contributed by atoms with van der Waals surface area (Å²) in [5.41, 5.74) is 11.1. The molecule has 0 aliphatic carbocycles. The average Bonchev–Trinajstić information content (AvgIpc) is 2.30. The molecule has 0 unspecified atom stereocenters. The molecule has 0 radical (unpaired) electrons. The predicted octanol–water partition coefficient (Wildman–Crippen LogP) is 0.701. The first-order chi connectivity index (χ1) is 8.17. The van der Waals surface area contributed by atoms with Crippen molar-refractivity contribution in [3.8, 4) is 11.5 Å². The van der Waals surface area contributed by atoms with Crippen LogP contribution in [0.1, 0.15) is 12.5 Å². The van der Waals surface area contributed by atoms with Gasteiger partial charge in [0.2, 0.25) is 5.96 Å². The fraction of sp³-hybridized carbons (Fsp3) is 0.273. The van der Waals surface area contributed by atoms with Gasteiger partial charge in [-0.2, -0.15) is 5.10 Å². The first-order valence-electron chi connectivity index (χ1n) is 5.10. The number of methoxy groups -OCH3 is 1. The summed E-state index contributed by atoms with van der Waals surface area (Å²) >= 11 is 0. The summed E-state index contributed by atoms with van der Waals surface area (Å²) < 4.78 is 10.6. The highest BCUT2D eigenvalue weighted by Gasteiger charge is 2.03. The largest absolute Gasteiger partial charge is 0.493 e. The van der Waals surface area contributed by atoms with Crippen molar-refractivity contribution in [2.75, 3.05) is 13.7 Å². The predicted molar refractivity (Wildman–Crippen MR) is 67.6 cm³/mol. The second kappa shape index (κ2) is 6.37. The highest BCUT2D eigenvalue weighted by Crippen LogP contribution is 2.27. The molecule has 0 amide bonds. The Bertz CT molecular complexity index is 425. The molecule has 0 atom stereocenters. The van der Waals surface area contributed by atoms with Gasteiger partial charge < -0.3 is 20.9 Å². The van der Waals surface area contributed by atoms with Crippen molar-refractivity contribution in [3.63, 3.8) is 0 Å². The second-order valence-corrected chi connectivity index (χ2v) is 3.11. The zero-order valence-electron chi connectivity index (χ0n) is 9.88. The van der Waals surface area contributed by atoms with Crippen LogP contribution in [0.3, 0.4) is 0 Å². The maximum atomic E-state index is 5.39. The minimum atomic E-state index is -0.0841. The lowest BCUT2D eigenvalue weighted by Gasteiger charge is -2.09. The molecule has 0 heterocycles. The fourth-order valence-electron chi connectivity index (χ4n) is 1.20. The number of benzene rings is 1. The van der Waals surface area contributed by atoms with E-state index in [1.807, 2.05) is 13.0 Å². The molecule has 1 rings (SSSR count). The number of guanidine groups is 1. The summed E-state index contributed by atoms with van der Waals surface area (Å²) in [7, 11) is 1.58. The molecule has 0 fully saturated rings. The van der Waals surface area contributed by atoms with Crippen molar-refractivity contribution in [2.24, 2.45) is 21.7 Å². The Morgan fingerprint density at radius 3 is 2.71 bits per heavy atom. The van der Waals surface area contributed by atoms with Crippen LogP contribution < -0.4 is 20.9 Å². The molecular weight excluding hydrogens is 220 g/mol. The Labute approximate surface area is 99.9 Å². The first kappa shape index (κ1) is 12.8. The topological polar surface area (TPSA) is 95.2 Å². The van der Waals surface area contributed by atoms with Crippen LogP contribution in [0.15, 0.2) is 28.4 Å². The van der Waals surface area contributed by atoms with Crippen molar-refractivity contribution in [3.05, 3.63) is 23.8 Å². The first-order valence-corrected chi connectivity index (χ1v) is 5.10. The number of ether oxygens (including phenoxy) is 2. The summed E-state index contributed by atoms with van der Waals surface area (Å²) in [6.45, 7) is 2.49. The lowest BCUT2D eigenvalue weighted by Crippen LogP contribution is -2.21. The van der Waals surface area contributed by atoms with E-state index in [1.54, 1.807) is 19.2 Å². The molecule has 6 heteroatoms. The van der Waals surface area contributed by atoms with Crippen molar-refractivity contribution in [1.29, 1.82) is 0 Å². The number of hydrogen-bond donors (Lipinski definition) is 2. The maximum absolute atomic E-state index is 5.39. The Kier molecular flexibility index (Phi) is 4.80. The molecule has 0 spiro atoms.